The van der Waals surface area contributed by atoms with E-state index in [1.165, 1.54) is 7.11 Å². The van der Waals surface area contributed by atoms with Crippen LogP contribution in [0.15, 0.2) is 47.9 Å². The van der Waals surface area contributed by atoms with Crippen molar-refractivity contribution in [1.29, 1.82) is 0 Å². The van der Waals surface area contributed by atoms with Gasteiger partial charge in [-0.15, -0.1) is 6.58 Å². The van der Waals surface area contributed by atoms with Crippen molar-refractivity contribution < 1.29 is 9.53 Å². The summed E-state index contributed by atoms with van der Waals surface area (Å²) in [5, 5.41) is 0. The highest BCUT2D eigenvalue weighted by Gasteiger charge is 2.28. The van der Waals surface area contributed by atoms with Crippen LogP contribution in [0.25, 0.3) is 0 Å². The van der Waals surface area contributed by atoms with Gasteiger partial charge in [-0.05, 0) is 49.3 Å². The van der Waals surface area contributed by atoms with Crippen LogP contribution < -0.4 is 0 Å². The molecular weight excluding hydrogens is 294 g/mol. The Morgan fingerprint density at radius 3 is 2.59 bits per heavy atom. The first kappa shape index (κ1) is 18.8. The average Bonchev–Trinajstić information content (AvgIpc) is 2.52. The van der Waals surface area contributed by atoms with Gasteiger partial charge in [-0.3, -0.25) is 4.79 Å². The van der Waals surface area contributed by atoms with Crippen LogP contribution in [0.1, 0.15) is 33.1 Å². The van der Waals surface area contributed by atoms with Crippen LogP contribution in [0.3, 0.4) is 0 Å². The predicted octanol–water partition coefficient (Wildman–Crippen LogP) is 4.55. The monoisotopic (exact) mass is 321 g/mol. The predicted molar refractivity (Wildman–Crippen MR) is 93.7 cm³/mol. The lowest BCUT2D eigenvalue weighted by atomic mass is 10.0. The van der Waals surface area contributed by atoms with Gasteiger partial charge in [0, 0.05) is 11.4 Å². The quantitative estimate of drug-likeness (QED) is 0.274. The number of unbranched alkanes of at least 4 members (excludes halogenated alkanes) is 1. The summed E-state index contributed by atoms with van der Waals surface area (Å²) in [6.07, 6.45) is 4.64. The molecule has 0 aliphatic heterocycles. The minimum atomic E-state index is -0.222. The zero-order valence-corrected chi connectivity index (χ0v) is 14.6. The second-order valence-corrected chi connectivity index (χ2v) is 6.77. The van der Waals surface area contributed by atoms with E-state index >= 15 is 0 Å². The lowest BCUT2D eigenvalue weighted by molar-refractivity contribution is -0.145. The normalized spacial score (nSPS) is 12.4. The maximum Gasteiger partial charge on any atom is 0.324 e. The molecule has 0 heterocycles. The van der Waals surface area contributed by atoms with Crippen molar-refractivity contribution in [1.82, 2.24) is 4.31 Å². The van der Waals surface area contributed by atoms with Crippen molar-refractivity contribution in [3.63, 3.8) is 0 Å². The molecule has 0 N–H and O–H groups in total. The van der Waals surface area contributed by atoms with Crippen molar-refractivity contribution in [2.45, 2.75) is 44.0 Å². The standard InChI is InChI=1S/C18H27NO2S/c1-5-6-10-13-19(22-16-11-8-7-9-12-16)17(14-15(2)3)18(20)21-4/h5,7-9,11-12,15,17H,1,6,10,13-14H2,2-4H3/t17-/m0/s1. The van der Waals surface area contributed by atoms with Gasteiger partial charge in [-0.25, -0.2) is 4.31 Å². The first-order chi connectivity index (χ1) is 10.6. The molecule has 0 fully saturated rings. The van der Waals surface area contributed by atoms with Crippen molar-refractivity contribution in [3.8, 4) is 0 Å². The number of rotatable bonds is 10. The van der Waals surface area contributed by atoms with Crippen LogP contribution in [0.5, 0.6) is 0 Å². The topological polar surface area (TPSA) is 29.5 Å². The number of hydrogen-bond donors (Lipinski definition) is 0. The largest absolute Gasteiger partial charge is 0.468 e. The summed E-state index contributed by atoms with van der Waals surface area (Å²) in [6.45, 7) is 8.86. The Balaban J connectivity index is 2.87. The third-order valence-corrected chi connectivity index (χ3v) is 4.42. The molecule has 1 atom stereocenters. The third-order valence-electron chi connectivity index (χ3n) is 3.27. The molecule has 4 heteroatoms. The highest BCUT2D eigenvalue weighted by atomic mass is 32.2. The molecule has 1 aromatic carbocycles. The molecule has 0 aliphatic carbocycles. The van der Waals surface area contributed by atoms with Gasteiger partial charge in [0.2, 0.25) is 0 Å². The summed E-state index contributed by atoms with van der Waals surface area (Å²) in [6, 6.07) is 9.93. The van der Waals surface area contributed by atoms with Gasteiger partial charge in [0.15, 0.2) is 0 Å². The van der Waals surface area contributed by atoms with Crippen molar-refractivity contribution in [2.24, 2.45) is 5.92 Å². The SMILES string of the molecule is C=CCCCN(Sc1ccccc1)[C@@H](CC(C)C)C(=O)OC. The Hall–Kier alpha value is -1.26. The average molecular weight is 321 g/mol. The van der Waals surface area contributed by atoms with Crippen LogP contribution in [-0.2, 0) is 9.53 Å². The minimum absolute atomic E-state index is 0.157. The minimum Gasteiger partial charge on any atom is -0.468 e. The van der Waals surface area contributed by atoms with E-state index in [1.54, 1.807) is 11.9 Å². The number of benzene rings is 1. The van der Waals surface area contributed by atoms with Gasteiger partial charge in [0.05, 0.1) is 7.11 Å². The number of allylic oxidation sites excluding steroid dienone is 1. The molecule has 0 saturated carbocycles. The van der Waals surface area contributed by atoms with E-state index in [0.717, 1.165) is 30.7 Å². The molecule has 0 aliphatic rings. The first-order valence-electron chi connectivity index (χ1n) is 7.76. The molecule has 1 aromatic rings. The highest BCUT2D eigenvalue weighted by Crippen LogP contribution is 2.28. The lowest BCUT2D eigenvalue weighted by Crippen LogP contribution is -2.39. The van der Waals surface area contributed by atoms with Gasteiger partial charge < -0.3 is 4.74 Å². The molecule has 0 unspecified atom stereocenters. The maximum atomic E-state index is 12.2. The van der Waals surface area contributed by atoms with Gasteiger partial charge in [-0.2, -0.15) is 0 Å². The van der Waals surface area contributed by atoms with Crippen molar-refractivity contribution >= 4 is 17.9 Å². The van der Waals surface area contributed by atoms with Gasteiger partial charge in [0.25, 0.3) is 0 Å². The van der Waals surface area contributed by atoms with Crippen molar-refractivity contribution in [3.05, 3.63) is 43.0 Å². The molecule has 122 valence electrons. The second kappa shape index (κ2) is 10.5. The van der Waals surface area contributed by atoms with E-state index in [0.29, 0.717) is 5.92 Å². The smallest absolute Gasteiger partial charge is 0.324 e. The van der Waals surface area contributed by atoms with Gasteiger partial charge in [0.1, 0.15) is 6.04 Å². The van der Waals surface area contributed by atoms with E-state index < -0.39 is 0 Å². The summed E-state index contributed by atoms with van der Waals surface area (Å²) in [7, 11) is 1.46. The second-order valence-electron chi connectivity index (χ2n) is 5.64. The molecular formula is C18H27NO2S. The number of methoxy groups -OCH3 is 1. The summed E-state index contributed by atoms with van der Waals surface area (Å²) in [5.74, 6) is 0.276. The van der Waals surface area contributed by atoms with E-state index in [2.05, 4.69) is 36.9 Å². The number of carbonyl (C=O) groups excluding carboxylic acids is 1. The number of hydrogen-bond acceptors (Lipinski definition) is 4. The molecule has 0 spiro atoms. The molecule has 22 heavy (non-hydrogen) atoms. The third kappa shape index (κ3) is 6.67. The van der Waals surface area contributed by atoms with Crippen molar-refractivity contribution in [2.75, 3.05) is 13.7 Å². The molecule has 1 rings (SSSR count). The zero-order chi connectivity index (χ0) is 16.4. The number of ether oxygens (including phenoxy) is 1. The van der Waals surface area contributed by atoms with Crippen LogP contribution in [-0.4, -0.2) is 30.0 Å². The Morgan fingerprint density at radius 1 is 1.36 bits per heavy atom. The van der Waals surface area contributed by atoms with Crippen LogP contribution >= 0.6 is 11.9 Å². The Labute approximate surface area is 138 Å². The molecule has 0 aromatic heterocycles. The fraction of sp³-hybridized carbons (Fsp3) is 0.500. The first-order valence-corrected chi connectivity index (χ1v) is 8.54. The summed E-state index contributed by atoms with van der Waals surface area (Å²) in [4.78, 5) is 13.4. The van der Waals surface area contributed by atoms with Gasteiger partial charge >= 0.3 is 5.97 Å². The van der Waals surface area contributed by atoms with Crippen LogP contribution in [0.2, 0.25) is 0 Å². The Morgan fingerprint density at radius 2 is 2.05 bits per heavy atom. The molecule has 3 nitrogen and oxygen atoms in total. The Kier molecular flexibility index (Phi) is 8.94. The number of carbonyl (C=O) groups is 1. The molecule has 0 amide bonds. The fourth-order valence-electron chi connectivity index (χ4n) is 2.19. The highest BCUT2D eigenvalue weighted by molar-refractivity contribution is 7.97. The Bertz CT molecular complexity index is 448. The number of esters is 1. The summed E-state index contributed by atoms with van der Waals surface area (Å²) in [5.41, 5.74) is 0. The summed E-state index contributed by atoms with van der Waals surface area (Å²) < 4.78 is 7.18. The van der Waals surface area contributed by atoms with Crippen LogP contribution in [0, 0.1) is 5.92 Å². The molecule has 0 bridgehead atoms. The van der Waals surface area contributed by atoms with E-state index in [9.17, 15) is 4.79 Å². The molecule has 0 radical (unpaired) electrons. The summed E-state index contributed by atoms with van der Waals surface area (Å²) >= 11 is 1.63. The van der Waals surface area contributed by atoms with Crippen LogP contribution in [0.4, 0.5) is 0 Å². The lowest BCUT2D eigenvalue weighted by Gasteiger charge is -2.29. The van der Waals surface area contributed by atoms with Gasteiger partial charge in [-0.1, -0.05) is 38.1 Å². The van der Waals surface area contributed by atoms with E-state index in [-0.39, 0.29) is 12.0 Å². The molecule has 0 saturated heterocycles. The zero-order valence-electron chi connectivity index (χ0n) is 13.8. The maximum absolute atomic E-state index is 12.2. The number of nitrogens with zero attached hydrogens (tertiary/aromatic N) is 1. The fourth-order valence-corrected chi connectivity index (χ4v) is 3.26. The van der Waals surface area contributed by atoms with E-state index in [4.69, 9.17) is 4.74 Å². The van der Waals surface area contributed by atoms with E-state index in [1.807, 2.05) is 24.3 Å².